The Hall–Kier alpha value is -0.450. The molecule has 18 heavy (non-hydrogen) atoms. The summed E-state index contributed by atoms with van der Waals surface area (Å²) in [7, 11) is 2.18. The van der Waals surface area contributed by atoms with E-state index in [1.807, 2.05) is 0 Å². The molecule has 4 heteroatoms. The van der Waals surface area contributed by atoms with Crippen molar-refractivity contribution in [1.82, 2.24) is 15.2 Å². The SMILES string of the molecule is Cc1nc(CN(C)C(C)CCNCC(C)C)cs1. The highest BCUT2D eigenvalue weighted by atomic mass is 32.1. The summed E-state index contributed by atoms with van der Waals surface area (Å²) in [5.74, 6) is 0.732. The number of aryl methyl sites for hydroxylation is 1. The van der Waals surface area contributed by atoms with E-state index in [-0.39, 0.29) is 0 Å². The Balaban J connectivity index is 2.22. The molecule has 1 aromatic rings. The summed E-state index contributed by atoms with van der Waals surface area (Å²) in [6, 6.07) is 0.590. The van der Waals surface area contributed by atoms with Crippen molar-refractivity contribution in [1.29, 1.82) is 0 Å². The molecule has 0 amide bonds. The van der Waals surface area contributed by atoms with Gasteiger partial charge in [0.25, 0.3) is 0 Å². The van der Waals surface area contributed by atoms with Crippen molar-refractivity contribution in [3.05, 3.63) is 16.1 Å². The molecule has 3 nitrogen and oxygen atoms in total. The van der Waals surface area contributed by atoms with Crippen LogP contribution in [-0.4, -0.2) is 36.1 Å². The van der Waals surface area contributed by atoms with Crippen molar-refractivity contribution in [2.24, 2.45) is 5.92 Å². The number of nitrogens with one attached hydrogen (secondary N) is 1. The van der Waals surface area contributed by atoms with Gasteiger partial charge in [-0.3, -0.25) is 4.90 Å². The van der Waals surface area contributed by atoms with Gasteiger partial charge in [-0.1, -0.05) is 13.8 Å². The number of nitrogens with zero attached hydrogens (tertiary/aromatic N) is 2. The largest absolute Gasteiger partial charge is 0.316 e. The van der Waals surface area contributed by atoms with Crippen molar-refractivity contribution >= 4 is 11.3 Å². The Labute approximate surface area is 116 Å². The van der Waals surface area contributed by atoms with Crippen molar-refractivity contribution in [3.8, 4) is 0 Å². The first-order valence-electron chi connectivity index (χ1n) is 6.81. The zero-order valence-electron chi connectivity index (χ0n) is 12.4. The smallest absolute Gasteiger partial charge is 0.0897 e. The van der Waals surface area contributed by atoms with Gasteiger partial charge in [0.1, 0.15) is 0 Å². The molecule has 0 aromatic carbocycles. The minimum Gasteiger partial charge on any atom is -0.316 e. The molecule has 0 fully saturated rings. The zero-order valence-corrected chi connectivity index (χ0v) is 13.2. The summed E-state index contributed by atoms with van der Waals surface area (Å²) in [4.78, 5) is 6.89. The minimum atomic E-state index is 0.590. The van der Waals surface area contributed by atoms with Crippen LogP contribution in [0.4, 0.5) is 0 Å². The number of hydrogen-bond donors (Lipinski definition) is 1. The molecule has 0 saturated carbocycles. The van der Waals surface area contributed by atoms with Gasteiger partial charge < -0.3 is 5.32 Å². The number of hydrogen-bond acceptors (Lipinski definition) is 4. The Morgan fingerprint density at radius 1 is 1.39 bits per heavy atom. The lowest BCUT2D eigenvalue weighted by Gasteiger charge is -2.24. The lowest BCUT2D eigenvalue weighted by Crippen LogP contribution is -2.32. The maximum Gasteiger partial charge on any atom is 0.0897 e. The van der Waals surface area contributed by atoms with Gasteiger partial charge in [-0.25, -0.2) is 4.98 Å². The van der Waals surface area contributed by atoms with E-state index in [1.165, 1.54) is 12.1 Å². The third kappa shape index (κ3) is 5.94. The van der Waals surface area contributed by atoms with Crippen LogP contribution in [0.15, 0.2) is 5.38 Å². The van der Waals surface area contributed by atoms with Gasteiger partial charge in [0.2, 0.25) is 0 Å². The van der Waals surface area contributed by atoms with Crippen LogP contribution in [0, 0.1) is 12.8 Å². The second-order valence-corrected chi connectivity index (χ2v) is 6.57. The van der Waals surface area contributed by atoms with E-state index < -0.39 is 0 Å². The Bertz CT molecular complexity index is 336. The van der Waals surface area contributed by atoms with Crippen LogP contribution in [0.3, 0.4) is 0 Å². The van der Waals surface area contributed by atoms with E-state index in [4.69, 9.17) is 0 Å². The van der Waals surface area contributed by atoms with E-state index in [0.29, 0.717) is 6.04 Å². The molecule has 0 aliphatic heterocycles. The summed E-state index contributed by atoms with van der Waals surface area (Å²) in [5.41, 5.74) is 1.20. The predicted molar refractivity (Wildman–Crippen MR) is 80.1 cm³/mol. The predicted octanol–water partition coefficient (Wildman–Crippen LogP) is 2.91. The maximum atomic E-state index is 4.51. The molecule has 0 bridgehead atoms. The number of aromatic nitrogens is 1. The first-order valence-corrected chi connectivity index (χ1v) is 7.69. The number of rotatable bonds is 8. The average molecular weight is 269 g/mol. The number of thiazole rings is 1. The maximum absolute atomic E-state index is 4.51. The van der Waals surface area contributed by atoms with Gasteiger partial charge in [-0.15, -0.1) is 11.3 Å². The molecule has 0 spiro atoms. The minimum absolute atomic E-state index is 0.590. The monoisotopic (exact) mass is 269 g/mol. The summed E-state index contributed by atoms with van der Waals surface area (Å²) in [6.45, 7) is 12.0. The molecular formula is C14H27N3S. The molecule has 104 valence electrons. The highest BCUT2D eigenvalue weighted by Crippen LogP contribution is 2.12. The molecule has 1 heterocycles. The lowest BCUT2D eigenvalue weighted by molar-refractivity contribution is 0.234. The first kappa shape index (κ1) is 15.6. The van der Waals surface area contributed by atoms with Crippen LogP contribution in [-0.2, 0) is 6.54 Å². The Morgan fingerprint density at radius 3 is 2.67 bits per heavy atom. The summed E-state index contributed by atoms with van der Waals surface area (Å²) < 4.78 is 0. The molecule has 0 aliphatic carbocycles. The molecule has 0 radical (unpaired) electrons. The summed E-state index contributed by atoms with van der Waals surface area (Å²) in [5, 5.41) is 6.82. The van der Waals surface area contributed by atoms with E-state index in [1.54, 1.807) is 11.3 Å². The van der Waals surface area contributed by atoms with Gasteiger partial charge in [-0.05, 0) is 46.3 Å². The summed E-state index contributed by atoms with van der Waals surface area (Å²) >= 11 is 1.73. The van der Waals surface area contributed by atoms with Crippen LogP contribution in [0.25, 0.3) is 0 Å². The fraction of sp³-hybridized carbons (Fsp3) is 0.786. The fourth-order valence-corrected chi connectivity index (χ4v) is 2.42. The molecule has 0 aliphatic rings. The highest BCUT2D eigenvalue weighted by molar-refractivity contribution is 7.09. The van der Waals surface area contributed by atoms with Crippen LogP contribution in [0.1, 0.15) is 37.9 Å². The quantitative estimate of drug-likeness (QED) is 0.736. The third-order valence-corrected chi connectivity index (χ3v) is 3.94. The van der Waals surface area contributed by atoms with Crippen molar-refractivity contribution < 1.29 is 0 Å². The first-order chi connectivity index (χ1) is 8.49. The van der Waals surface area contributed by atoms with Crippen LogP contribution < -0.4 is 5.32 Å². The van der Waals surface area contributed by atoms with Crippen molar-refractivity contribution in [2.45, 2.75) is 46.7 Å². The zero-order chi connectivity index (χ0) is 13.5. The van der Waals surface area contributed by atoms with Gasteiger partial charge >= 0.3 is 0 Å². The van der Waals surface area contributed by atoms with Gasteiger partial charge in [0.15, 0.2) is 0 Å². The van der Waals surface area contributed by atoms with Crippen LogP contribution in [0.2, 0.25) is 0 Å². The van der Waals surface area contributed by atoms with E-state index in [0.717, 1.165) is 30.6 Å². The van der Waals surface area contributed by atoms with E-state index >= 15 is 0 Å². The van der Waals surface area contributed by atoms with E-state index in [2.05, 4.69) is 55.3 Å². The lowest BCUT2D eigenvalue weighted by atomic mass is 10.2. The van der Waals surface area contributed by atoms with Crippen LogP contribution in [0.5, 0.6) is 0 Å². The topological polar surface area (TPSA) is 28.2 Å². The van der Waals surface area contributed by atoms with Gasteiger partial charge in [0, 0.05) is 18.0 Å². The third-order valence-electron chi connectivity index (χ3n) is 3.12. The van der Waals surface area contributed by atoms with Crippen LogP contribution >= 0.6 is 11.3 Å². The summed E-state index contributed by atoms with van der Waals surface area (Å²) in [6.07, 6.45) is 1.19. The molecule has 1 unspecified atom stereocenters. The average Bonchev–Trinajstić information content (AvgIpc) is 2.69. The van der Waals surface area contributed by atoms with Crippen molar-refractivity contribution in [2.75, 3.05) is 20.1 Å². The molecule has 1 aromatic heterocycles. The highest BCUT2D eigenvalue weighted by Gasteiger charge is 2.10. The molecule has 1 rings (SSSR count). The molecular weight excluding hydrogens is 242 g/mol. The Morgan fingerprint density at radius 2 is 2.11 bits per heavy atom. The Kier molecular flexibility index (Phi) is 6.82. The fourth-order valence-electron chi connectivity index (χ4n) is 1.81. The van der Waals surface area contributed by atoms with Gasteiger partial charge in [0.05, 0.1) is 10.7 Å². The van der Waals surface area contributed by atoms with E-state index in [9.17, 15) is 0 Å². The van der Waals surface area contributed by atoms with Crippen molar-refractivity contribution in [3.63, 3.8) is 0 Å². The molecule has 0 saturated heterocycles. The normalized spacial score (nSPS) is 13.5. The second kappa shape index (κ2) is 7.87. The molecule has 1 N–H and O–H groups in total. The molecule has 1 atom stereocenters. The second-order valence-electron chi connectivity index (χ2n) is 5.51. The standard InChI is InChI=1S/C14H27N3S/c1-11(2)8-15-7-6-12(3)17(5)9-14-10-18-13(4)16-14/h10-12,15H,6-9H2,1-5H3. The van der Waals surface area contributed by atoms with Gasteiger partial charge in [-0.2, -0.15) is 0 Å².